The van der Waals surface area contributed by atoms with Gasteiger partial charge in [0.15, 0.2) is 0 Å². The summed E-state index contributed by atoms with van der Waals surface area (Å²) >= 11 is 0. The smallest absolute Gasteiger partial charge is 0.306 e. The number of nitrogens with zero attached hydrogens (tertiary/aromatic N) is 1. The number of aliphatic hydroxyl groups is 1. The maximum atomic E-state index is 10.6. The number of ether oxygens (including phenoxy) is 1. The molecule has 0 fully saturated rings. The molecule has 0 saturated heterocycles. The number of carbonyl (C=O) groups is 1. The molecule has 0 aliphatic carbocycles. The molecule has 0 aliphatic heterocycles. The molecule has 0 aromatic heterocycles. The summed E-state index contributed by atoms with van der Waals surface area (Å²) in [7, 11) is 1.85. The lowest BCUT2D eigenvalue weighted by atomic mass is 10.1. The molecule has 0 spiro atoms. The Hall–Kier alpha value is -2.37. The molecule has 128 valence electrons. The minimum absolute atomic E-state index is 0.253. The number of aliphatic hydroxyl groups excluding tert-OH is 1. The summed E-state index contributed by atoms with van der Waals surface area (Å²) in [4.78, 5) is 12.5. The highest BCUT2D eigenvalue weighted by Gasteiger charge is 2.14. The number of aliphatic carboxylic acids is 1. The van der Waals surface area contributed by atoms with E-state index in [1.807, 2.05) is 66.5 Å². The van der Waals surface area contributed by atoms with Crippen molar-refractivity contribution in [2.24, 2.45) is 0 Å². The minimum Gasteiger partial charge on any atom is -0.489 e. The highest BCUT2D eigenvalue weighted by atomic mass is 16.5. The van der Waals surface area contributed by atoms with Crippen LogP contribution < -0.4 is 4.74 Å². The summed E-state index contributed by atoms with van der Waals surface area (Å²) in [6.07, 6.45) is -1.14. The van der Waals surface area contributed by atoms with Crippen molar-refractivity contribution in [3.8, 4) is 5.75 Å². The summed E-state index contributed by atoms with van der Waals surface area (Å²) in [5, 5.41) is 18.4. The van der Waals surface area contributed by atoms with E-state index >= 15 is 0 Å². The van der Waals surface area contributed by atoms with Gasteiger partial charge in [-0.05, 0) is 18.7 Å². The van der Waals surface area contributed by atoms with Crippen molar-refractivity contribution < 1.29 is 19.7 Å². The lowest BCUT2D eigenvalue weighted by Gasteiger charge is -2.21. The molecule has 5 heteroatoms. The molecular weight excluding hydrogens is 306 g/mol. The van der Waals surface area contributed by atoms with Crippen LogP contribution in [0.1, 0.15) is 17.5 Å². The molecule has 0 amide bonds. The largest absolute Gasteiger partial charge is 0.489 e. The first-order chi connectivity index (χ1) is 11.5. The first-order valence-corrected chi connectivity index (χ1v) is 7.87. The van der Waals surface area contributed by atoms with E-state index in [0.717, 1.165) is 16.9 Å². The van der Waals surface area contributed by atoms with Gasteiger partial charge in [-0.15, -0.1) is 0 Å². The van der Waals surface area contributed by atoms with E-state index in [1.54, 1.807) is 0 Å². The molecule has 2 aromatic rings. The molecule has 2 N–H and O–H groups in total. The van der Waals surface area contributed by atoms with Gasteiger partial charge in [0.2, 0.25) is 0 Å². The zero-order chi connectivity index (χ0) is 17.4. The van der Waals surface area contributed by atoms with Crippen LogP contribution in [0.3, 0.4) is 0 Å². The molecule has 0 heterocycles. The first kappa shape index (κ1) is 18.0. The van der Waals surface area contributed by atoms with Gasteiger partial charge in [0, 0.05) is 18.7 Å². The van der Waals surface area contributed by atoms with Crippen molar-refractivity contribution in [3.05, 3.63) is 65.7 Å². The van der Waals surface area contributed by atoms with Gasteiger partial charge >= 0.3 is 5.97 Å². The molecule has 5 nitrogen and oxygen atoms in total. The summed E-state index contributed by atoms with van der Waals surface area (Å²) in [6.45, 7) is 1.35. The molecule has 24 heavy (non-hydrogen) atoms. The number of hydrogen-bond acceptors (Lipinski definition) is 4. The summed E-state index contributed by atoms with van der Waals surface area (Å²) < 4.78 is 5.91. The number of carboxylic acid groups (broad SMARTS) is 1. The second-order valence-corrected chi connectivity index (χ2v) is 5.83. The lowest BCUT2D eigenvalue weighted by molar-refractivity contribution is -0.139. The number of hydrogen-bond donors (Lipinski definition) is 2. The number of rotatable bonds is 9. The monoisotopic (exact) mass is 329 g/mol. The summed E-state index contributed by atoms with van der Waals surface area (Å²) in [5.41, 5.74) is 2.09. The number of benzene rings is 2. The van der Waals surface area contributed by atoms with Crippen LogP contribution in [-0.4, -0.2) is 40.8 Å². The van der Waals surface area contributed by atoms with E-state index in [1.165, 1.54) is 0 Å². The summed E-state index contributed by atoms with van der Waals surface area (Å²) in [6, 6.07) is 17.7. The van der Waals surface area contributed by atoms with Crippen LogP contribution >= 0.6 is 0 Å². The van der Waals surface area contributed by atoms with Crippen molar-refractivity contribution in [2.45, 2.75) is 25.7 Å². The molecule has 2 rings (SSSR count). The number of likely N-dealkylation sites (N-methyl/N-ethyl adjacent to an activating group) is 1. The number of carboxylic acids is 1. The minimum atomic E-state index is -0.998. The Balaban J connectivity index is 1.94. The Kier molecular flexibility index (Phi) is 6.78. The van der Waals surface area contributed by atoms with Crippen LogP contribution in [0.15, 0.2) is 54.6 Å². The second kappa shape index (κ2) is 9.05. The molecule has 1 unspecified atom stereocenters. The third-order valence-corrected chi connectivity index (χ3v) is 3.58. The fraction of sp³-hybridized carbons (Fsp3) is 0.316. The Morgan fingerprint density at radius 3 is 2.50 bits per heavy atom. The van der Waals surface area contributed by atoms with Gasteiger partial charge < -0.3 is 14.9 Å². The quantitative estimate of drug-likeness (QED) is 0.740. The predicted molar refractivity (Wildman–Crippen MR) is 91.8 cm³/mol. The van der Waals surface area contributed by atoms with Crippen LogP contribution in [0.25, 0.3) is 0 Å². The second-order valence-electron chi connectivity index (χ2n) is 5.83. The molecule has 0 saturated carbocycles. The predicted octanol–water partition coefficient (Wildman–Crippen LogP) is 2.53. The van der Waals surface area contributed by atoms with Crippen LogP contribution in [0, 0.1) is 0 Å². The van der Waals surface area contributed by atoms with Gasteiger partial charge in [-0.1, -0.05) is 48.5 Å². The molecule has 0 aliphatic rings. The summed E-state index contributed by atoms with van der Waals surface area (Å²) in [5.74, 6) is -0.205. The molecule has 0 bridgehead atoms. The zero-order valence-corrected chi connectivity index (χ0v) is 13.8. The van der Waals surface area contributed by atoms with Crippen molar-refractivity contribution in [3.63, 3.8) is 0 Å². The van der Waals surface area contributed by atoms with E-state index < -0.39 is 12.1 Å². The van der Waals surface area contributed by atoms with E-state index in [9.17, 15) is 9.90 Å². The van der Waals surface area contributed by atoms with Gasteiger partial charge in [-0.25, -0.2) is 0 Å². The maximum Gasteiger partial charge on any atom is 0.306 e. The normalized spacial score (nSPS) is 12.1. The Morgan fingerprint density at radius 2 is 1.79 bits per heavy atom. The zero-order valence-electron chi connectivity index (χ0n) is 13.8. The lowest BCUT2D eigenvalue weighted by Crippen LogP contribution is -2.30. The molecule has 1 atom stereocenters. The van der Waals surface area contributed by atoms with E-state index in [-0.39, 0.29) is 6.42 Å². The molecule has 2 aromatic carbocycles. The van der Waals surface area contributed by atoms with Crippen LogP contribution in [0.4, 0.5) is 0 Å². The number of para-hydroxylation sites is 1. The highest BCUT2D eigenvalue weighted by Crippen LogP contribution is 2.21. The van der Waals surface area contributed by atoms with Crippen molar-refractivity contribution >= 4 is 5.97 Å². The van der Waals surface area contributed by atoms with Gasteiger partial charge in [0.25, 0.3) is 0 Å². The Labute approximate surface area is 142 Å². The maximum absolute atomic E-state index is 10.6. The van der Waals surface area contributed by atoms with Crippen molar-refractivity contribution in [1.29, 1.82) is 0 Å². The van der Waals surface area contributed by atoms with Gasteiger partial charge in [-0.3, -0.25) is 9.69 Å². The van der Waals surface area contributed by atoms with E-state index in [4.69, 9.17) is 9.84 Å². The van der Waals surface area contributed by atoms with Gasteiger partial charge in [0.1, 0.15) is 12.4 Å². The van der Waals surface area contributed by atoms with E-state index in [2.05, 4.69) is 0 Å². The van der Waals surface area contributed by atoms with E-state index in [0.29, 0.717) is 19.7 Å². The van der Waals surface area contributed by atoms with Gasteiger partial charge in [-0.2, -0.15) is 0 Å². The SMILES string of the molecule is CN(Cc1ccccc1OCc1ccccc1)CC(O)CC(=O)O. The Bertz CT molecular complexity index is 645. The highest BCUT2D eigenvalue weighted by molar-refractivity contribution is 5.67. The van der Waals surface area contributed by atoms with Crippen LogP contribution in [-0.2, 0) is 17.9 Å². The average molecular weight is 329 g/mol. The standard InChI is InChI=1S/C19H23NO4/c1-20(13-17(21)11-19(22)23)12-16-9-5-6-10-18(16)24-14-15-7-3-2-4-8-15/h2-10,17,21H,11-14H2,1H3,(H,22,23). The Morgan fingerprint density at radius 1 is 1.12 bits per heavy atom. The fourth-order valence-corrected chi connectivity index (χ4v) is 2.49. The molecular formula is C19H23NO4. The van der Waals surface area contributed by atoms with Crippen LogP contribution in [0.2, 0.25) is 0 Å². The molecule has 0 radical (unpaired) electrons. The van der Waals surface area contributed by atoms with Crippen LogP contribution in [0.5, 0.6) is 5.75 Å². The van der Waals surface area contributed by atoms with Crippen molar-refractivity contribution in [1.82, 2.24) is 4.90 Å². The topological polar surface area (TPSA) is 70.0 Å². The average Bonchev–Trinajstić information content (AvgIpc) is 2.54. The third kappa shape index (κ3) is 6.02. The van der Waals surface area contributed by atoms with Gasteiger partial charge in [0.05, 0.1) is 12.5 Å². The third-order valence-electron chi connectivity index (χ3n) is 3.58. The first-order valence-electron chi connectivity index (χ1n) is 7.87. The van der Waals surface area contributed by atoms with Crippen molar-refractivity contribution in [2.75, 3.05) is 13.6 Å². The fourth-order valence-electron chi connectivity index (χ4n) is 2.49.